The summed E-state index contributed by atoms with van der Waals surface area (Å²) in [4.78, 5) is 0. The summed E-state index contributed by atoms with van der Waals surface area (Å²) in [5, 5.41) is 8.65. The van der Waals surface area contributed by atoms with E-state index in [1.165, 1.54) is 5.56 Å². The van der Waals surface area contributed by atoms with E-state index in [2.05, 4.69) is 76.1 Å². The van der Waals surface area contributed by atoms with Crippen LogP contribution in [0.4, 0.5) is 0 Å². The van der Waals surface area contributed by atoms with E-state index in [1.807, 2.05) is 10.9 Å². The molecule has 0 saturated carbocycles. The van der Waals surface area contributed by atoms with Crippen molar-refractivity contribution in [1.29, 1.82) is 0 Å². The Kier molecular flexibility index (Phi) is 5.51. The molecular weight excluding hydrogens is 438 g/mol. The molecular formula is C17H24IrN3-. The van der Waals surface area contributed by atoms with Gasteiger partial charge in [0.1, 0.15) is 0 Å². The Balaban J connectivity index is 0.00000220. The minimum atomic E-state index is -0.248. The predicted molar refractivity (Wildman–Crippen MR) is 81.8 cm³/mol. The van der Waals surface area contributed by atoms with Crippen molar-refractivity contribution in [2.75, 3.05) is 0 Å². The molecule has 0 saturated heterocycles. The maximum Gasteiger partial charge on any atom is 0.0880 e. The van der Waals surface area contributed by atoms with Gasteiger partial charge in [0.15, 0.2) is 0 Å². The first-order valence-corrected chi connectivity index (χ1v) is 7.20. The second-order valence-corrected chi connectivity index (χ2v) is 6.80. The summed E-state index contributed by atoms with van der Waals surface area (Å²) in [5.74, 6) is 0. The molecule has 0 fully saturated rings. The van der Waals surface area contributed by atoms with Crippen LogP contribution in [0.1, 0.15) is 58.4 Å². The first-order valence-electron chi connectivity index (χ1n) is 7.20. The molecule has 1 heterocycles. The van der Waals surface area contributed by atoms with E-state index >= 15 is 0 Å². The van der Waals surface area contributed by atoms with Gasteiger partial charge in [0, 0.05) is 31.7 Å². The summed E-state index contributed by atoms with van der Waals surface area (Å²) >= 11 is 0. The fourth-order valence-electron chi connectivity index (χ4n) is 2.08. The number of hydrogen-bond acceptors (Lipinski definition) is 2. The van der Waals surface area contributed by atoms with Gasteiger partial charge in [-0.25, -0.2) is 4.68 Å². The van der Waals surface area contributed by atoms with Crippen LogP contribution in [0.5, 0.6) is 0 Å². The fourth-order valence-corrected chi connectivity index (χ4v) is 2.08. The SMILES string of the molecule is CCc1[c-]c(C(C)(C)n2cc(C(C)(C)C)nn2)ccc1.[Ir]. The molecule has 0 aliphatic heterocycles. The number of nitrogens with zero attached hydrogens (tertiary/aromatic N) is 3. The third-order valence-electron chi connectivity index (χ3n) is 3.73. The first-order chi connectivity index (χ1) is 9.25. The van der Waals surface area contributed by atoms with Crippen LogP contribution in [0.25, 0.3) is 0 Å². The van der Waals surface area contributed by atoms with Crippen molar-refractivity contribution in [2.24, 2.45) is 0 Å². The van der Waals surface area contributed by atoms with Crippen LogP contribution < -0.4 is 0 Å². The maximum atomic E-state index is 4.33. The van der Waals surface area contributed by atoms with E-state index in [1.54, 1.807) is 0 Å². The first kappa shape index (κ1) is 18.1. The van der Waals surface area contributed by atoms with Crippen molar-refractivity contribution >= 4 is 0 Å². The summed E-state index contributed by atoms with van der Waals surface area (Å²) in [5.41, 5.74) is 3.15. The largest absolute Gasteiger partial charge is 0.244 e. The molecule has 0 amide bonds. The van der Waals surface area contributed by atoms with E-state index < -0.39 is 0 Å². The van der Waals surface area contributed by atoms with Crippen molar-refractivity contribution in [1.82, 2.24) is 15.0 Å². The third-order valence-corrected chi connectivity index (χ3v) is 3.73. The molecule has 1 aromatic carbocycles. The smallest absolute Gasteiger partial charge is 0.0880 e. The quantitative estimate of drug-likeness (QED) is 0.651. The Hall–Kier alpha value is -0.991. The van der Waals surface area contributed by atoms with Crippen LogP contribution in [0.15, 0.2) is 24.4 Å². The predicted octanol–water partition coefficient (Wildman–Crippen LogP) is 3.72. The normalized spacial score (nSPS) is 12.1. The standard InChI is InChI=1S/C17H24N3.Ir/c1-7-13-9-8-10-14(11-13)17(5,6)20-12-15(18-19-20)16(2,3)4;/h8-10,12H,7H2,1-6H3;/q-1;. The second-order valence-electron chi connectivity index (χ2n) is 6.80. The molecule has 2 rings (SSSR count). The Bertz CT molecular complexity index is 594. The van der Waals surface area contributed by atoms with Gasteiger partial charge < -0.3 is 0 Å². The van der Waals surface area contributed by atoms with E-state index in [-0.39, 0.29) is 31.1 Å². The van der Waals surface area contributed by atoms with Crippen LogP contribution in [-0.4, -0.2) is 15.0 Å². The zero-order valence-electron chi connectivity index (χ0n) is 13.7. The van der Waals surface area contributed by atoms with E-state index in [0.29, 0.717) is 0 Å². The Morgan fingerprint density at radius 3 is 2.33 bits per heavy atom. The average Bonchev–Trinajstić information content (AvgIpc) is 2.89. The Morgan fingerprint density at radius 1 is 1.14 bits per heavy atom. The molecule has 117 valence electrons. The van der Waals surface area contributed by atoms with Crippen LogP contribution in [0.2, 0.25) is 0 Å². The summed E-state index contributed by atoms with van der Waals surface area (Å²) in [7, 11) is 0. The van der Waals surface area contributed by atoms with Gasteiger partial charge in [0.2, 0.25) is 0 Å². The minimum absolute atomic E-state index is 0. The van der Waals surface area contributed by atoms with Crippen molar-refractivity contribution in [3.05, 3.63) is 47.3 Å². The number of benzene rings is 1. The molecule has 4 heteroatoms. The monoisotopic (exact) mass is 463 g/mol. The van der Waals surface area contributed by atoms with Crippen molar-refractivity contribution < 1.29 is 20.1 Å². The van der Waals surface area contributed by atoms with Crippen molar-refractivity contribution in [3.63, 3.8) is 0 Å². The van der Waals surface area contributed by atoms with E-state index in [9.17, 15) is 0 Å². The van der Waals surface area contributed by atoms with Gasteiger partial charge >= 0.3 is 0 Å². The summed E-state index contributed by atoms with van der Waals surface area (Å²) < 4.78 is 1.94. The Morgan fingerprint density at radius 2 is 1.81 bits per heavy atom. The zero-order chi connectivity index (χ0) is 15.0. The summed E-state index contributed by atoms with van der Waals surface area (Å²) in [6.07, 6.45) is 3.04. The van der Waals surface area contributed by atoms with Crippen molar-refractivity contribution in [2.45, 2.75) is 58.9 Å². The number of rotatable bonds is 3. The molecule has 0 atom stereocenters. The van der Waals surface area contributed by atoms with Gasteiger partial charge in [-0.2, -0.15) is 29.8 Å². The molecule has 0 unspecified atom stereocenters. The van der Waals surface area contributed by atoms with Gasteiger partial charge in [-0.3, -0.25) is 0 Å². The molecule has 0 aliphatic carbocycles. The van der Waals surface area contributed by atoms with Crippen molar-refractivity contribution in [3.8, 4) is 0 Å². The molecule has 2 aromatic rings. The minimum Gasteiger partial charge on any atom is -0.244 e. The molecule has 0 aliphatic rings. The van der Waals surface area contributed by atoms with Crippen LogP contribution >= 0.6 is 0 Å². The molecule has 1 aromatic heterocycles. The molecule has 1 radical (unpaired) electrons. The molecule has 0 N–H and O–H groups in total. The van der Waals surface area contributed by atoms with Gasteiger partial charge in [0.25, 0.3) is 0 Å². The van der Waals surface area contributed by atoms with E-state index in [4.69, 9.17) is 0 Å². The van der Waals surface area contributed by atoms with Gasteiger partial charge in [-0.15, -0.1) is 10.7 Å². The summed E-state index contributed by atoms with van der Waals surface area (Å²) in [6, 6.07) is 9.80. The van der Waals surface area contributed by atoms with Crippen LogP contribution in [0, 0.1) is 6.07 Å². The molecule has 0 spiro atoms. The molecule has 21 heavy (non-hydrogen) atoms. The number of hydrogen-bond donors (Lipinski definition) is 0. The number of aryl methyl sites for hydroxylation is 1. The van der Waals surface area contributed by atoms with Gasteiger partial charge in [-0.05, 0) is 13.8 Å². The van der Waals surface area contributed by atoms with Gasteiger partial charge in [0.05, 0.1) is 11.2 Å². The molecule has 3 nitrogen and oxygen atoms in total. The third kappa shape index (κ3) is 3.81. The van der Waals surface area contributed by atoms with Crippen LogP contribution in [-0.2, 0) is 37.5 Å². The van der Waals surface area contributed by atoms with E-state index in [0.717, 1.165) is 17.7 Å². The average molecular weight is 463 g/mol. The second kappa shape index (κ2) is 6.41. The summed E-state index contributed by atoms with van der Waals surface area (Å²) in [6.45, 7) is 12.9. The fraction of sp³-hybridized carbons (Fsp3) is 0.529. The zero-order valence-corrected chi connectivity index (χ0v) is 16.1. The topological polar surface area (TPSA) is 30.7 Å². The van der Waals surface area contributed by atoms with Gasteiger partial charge in [-0.1, -0.05) is 39.3 Å². The number of aromatic nitrogens is 3. The Labute approximate surface area is 141 Å². The van der Waals surface area contributed by atoms with Crippen LogP contribution in [0.3, 0.4) is 0 Å². The maximum absolute atomic E-state index is 4.33. The molecule has 0 bridgehead atoms.